The Kier molecular flexibility index (Phi) is 4.84. The van der Waals surface area contributed by atoms with Crippen molar-refractivity contribution in [2.24, 2.45) is 0 Å². The van der Waals surface area contributed by atoms with Gasteiger partial charge in [0, 0.05) is 21.9 Å². The monoisotopic (exact) mass is 339 g/mol. The third kappa shape index (κ3) is 3.65. The average Bonchev–Trinajstić information content (AvgIpc) is 2.47. The number of nitro groups is 1. The number of benzene rings is 2. The molecular weight excluding hydrogens is 326 g/mol. The van der Waals surface area contributed by atoms with Crippen molar-refractivity contribution in [3.63, 3.8) is 0 Å². The minimum atomic E-state index is -4.34. The smallest absolute Gasteiger partial charge is 0.282 e. The van der Waals surface area contributed by atoms with Crippen LogP contribution in [0, 0.1) is 10.1 Å². The van der Waals surface area contributed by atoms with E-state index in [0.717, 1.165) is 17.3 Å². The molecule has 0 unspecified atom stereocenters. The van der Waals surface area contributed by atoms with E-state index in [9.17, 15) is 23.1 Å². The second kappa shape index (κ2) is 6.47. The first-order valence-electron chi connectivity index (χ1n) is 6.34. The predicted octanol–water partition coefficient (Wildman–Crippen LogP) is 3.56. The van der Waals surface area contributed by atoms with Gasteiger partial charge in [-0.2, -0.15) is 8.42 Å². The van der Waals surface area contributed by atoms with Crippen LogP contribution in [-0.2, 0) is 16.5 Å². The predicted molar refractivity (Wildman–Crippen MR) is 82.9 cm³/mol. The first-order valence-corrected chi connectivity index (χ1v) is 8.60. The molecule has 0 aromatic heterocycles. The van der Waals surface area contributed by atoms with Gasteiger partial charge in [-0.25, -0.2) is 0 Å². The van der Waals surface area contributed by atoms with Gasteiger partial charge in [-0.1, -0.05) is 30.8 Å². The standard InChI is InChI=1S/C14H13NO5S2/c1-2-10-4-3-5-13(22(18,19)20)14(10)21-12-8-6-11(7-9-12)15(16)17/h3-9H,2H2,1H3,(H,18,19,20). The highest BCUT2D eigenvalue weighted by atomic mass is 32.2. The van der Waals surface area contributed by atoms with Crippen LogP contribution < -0.4 is 0 Å². The Balaban J connectivity index is 2.46. The SMILES string of the molecule is CCc1cccc(S(=O)(=O)O)c1Sc1ccc([N+](=O)[O-])cc1. The Morgan fingerprint density at radius 2 is 1.82 bits per heavy atom. The minimum absolute atomic E-state index is 0.0388. The van der Waals surface area contributed by atoms with Crippen LogP contribution in [0.1, 0.15) is 12.5 Å². The molecule has 0 amide bonds. The summed E-state index contributed by atoms with van der Waals surface area (Å²) in [5, 5.41) is 10.6. The summed E-state index contributed by atoms with van der Waals surface area (Å²) in [7, 11) is -4.34. The number of hydrogen-bond donors (Lipinski definition) is 1. The molecule has 0 radical (unpaired) electrons. The number of hydrogen-bond acceptors (Lipinski definition) is 5. The zero-order chi connectivity index (χ0) is 16.3. The van der Waals surface area contributed by atoms with Gasteiger partial charge < -0.3 is 0 Å². The van der Waals surface area contributed by atoms with Crippen LogP contribution in [0.25, 0.3) is 0 Å². The van der Waals surface area contributed by atoms with E-state index >= 15 is 0 Å². The normalized spacial score (nSPS) is 11.4. The zero-order valence-corrected chi connectivity index (χ0v) is 13.2. The summed E-state index contributed by atoms with van der Waals surface area (Å²) in [6.45, 7) is 1.88. The molecule has 22 heavy (non-hydrogen) atoms. The molecule has 8 heteroatoms. The van der Waals surface area contributed by atoms with Crippen molar-refractivity contribution < 1.29 is 17.9 Å². The molecule has 0 atom stereocenters. The van der Waals surface area contributed by atoms with E-state index in [1.165, 1.54) is 18.2 Å². The highest BCUT2D eigenvalue weighted by Gasteiger charge is 2.19. The van der Waals surface area contributed by atoms with Crippen molar-refractivity contribution in [2.45, 2.75) is 28.0 Å². The van der Waals surface area contributed by atoms with Crippen LogP contribution in [-0.4, -0.2) is 17.9 Å². The molecule has 0 aliphatic heterocycles. The minimum Gasteiger partial charge on any atom is -0.282 e. The van der Waals surface area contributed by atoms with Gasteiger partial charge in [-0.15, -0.1) is 0 Å². The van der Waals surface area contributed by atoms with E-state index in [2.05, 4.69) is 0 Å². The Hall–Kier alpha value is -1.90. The summed E-state index contributed by atoms with van der Waals surface area (Å²) in [5.74, 6) is 0. The first kappa shape index (κ1) is 16.5. The molecule has 0 aliphatic carbocycles. The summed E-state index contributed by atoms with van der Waals surface area (Å²) in [6.07, 6.45) is 0.596. The number of non-ortho nitro benzene ring substituents is 1. The van der Waals surface area contributed by atoms with Gasteiger partial charge in [0.15, 0.2) is 0 Å². The highest BCUT2D eigenvalue weighted by molar-refractivity contribution is 8.00. The molecule has 0 heterocycles. The van der Waals surface area contributed by atoms with Crippen LogP contribution in [0.15, 0.2) is 57.2 Å². The lowest BCUT2D eigenvalue weighted by atomic mass is 10.2. The number of nitro benzene ring substituents is 1. The van der Waals surface area contributed by atoms with Crippen LogP contribution >= 0.6 is 11.8 Å². The Labute approximate surface area is 132 Å². The summed E-state index contributed by atoms with van der Waals surface area (Å²) in [4.78, 5) is 11.1. The van der Waals surface area contributed by atoms with E-state index in [1.807, 2.05) is 6.92 Å². The Bertz CT molecular complexity index is 800. The molecule has 0 fully saturated rings. The number of rotatable bonds is 5. The lowest BCUT2D eigenvalue weighted by molar-refractivity contribution is -0.384. The fourth-order valence-corrected chi connectivity index (χ4v) is 3.99. The van der Waals surface area contributed by atoms with Gasteiger partial charge in [0.2, 0.25) is 0 Å². The van der Waals surface area contributed by atoms with Crippen molar-refractivity contribution in [2.75, 3.05) is 0 Å². The first-order chi connectivity index (χ1) is 10.3. The molecule has 0 saturated carbocycles. The van der Waals surface area contributed by atoms with Crippen molar-refractivity contribution in [3.8, 4) is 0 Å². The molecule has 1 N–H and O–H groups in total. The summed E-state index contributed by atoms with van der Waals surface area (Å²) in [5.41, 5.74) is 0.738. The van der Waals surface area contributed by atoms with Crippen LogP contribution in [0.4, 0.5) is 5.69 Å². The maximum atomic E-state index is 11.5. The zero-order valence-electron chi connectivity index (χ0n) is 11.6. The molecule has 0 saturated heterocycles. The molecule has 0 bridgehead atoms. The molecule has 0 spiro atoms. The van der Waals surface area contributed by atoms with Crippen molar-refractivity contribution >= 4 is 27.6 Å². The molecule has 2 aromatic rings. The van der Waals surface area contributed by atoms with Crippen LogP contribution in [0.5, 0.6) is 0 Å². The average molecular weight is 339 g/mol. The highest BCUT2D eigenvalue weighted by Crippen LogP contribution is 2.36. The molecule has 2 rings (SSSR count). The maximum absolute atomic E-state index is 11.5. The molecular formula is C14H13NO5S2. The van der Waals surface area contributed by atoms with Crippen molar-refractivity contribution in [3.05, 3.63) is 58.1 Å². The fourth-order valence-electron chi connectivity index (χ4n) is 1.91. The lowest BCUT2D eigenvalue weighted by Gasteiger charge is -2.11. The van der Waals surface area contributed by atoms with E-state index in [-0.39, 0.29) is 10.6 Å². The van der Waals surface area contributed by atoms with Gasteiger partial charge >= 0.3 is 0 Å². The Morgan fingerprint density at radius 3 is 2.32 bits per heavy atom. The second-order valence-corrected chi connectivity index (χ2v) is 6.90. The number of nitrogens with zero attached hydrogens (tertiary/aromatic N) is 1. The fraction of sp³-hybridized carbons (Fsp3) is 0.143. The third-order valence-corrected chi connectivity index (χ3v) is 5.21. The van der Waals surface area contributed by atoms with E-state index in [0.29, 0.717) is 16.2 Å². The van der Waals surface area contributed by atoms with Gasteiger partial charge in [-0.05, 0) is 30.2 Å². The summed E-state index contributed by atoms with van der Waals surface area (Å²) >= 11 is 1.15. The van der Waals surface area contributed by atoms with Gasteiger partial charge in [-0.3, -0.25) is 14.7 Å². The molecule has 116 valence electrons. The van der Waals surface area contributed by atoms with Crippen LogP contribution in [0.3, 0.4) is 0 Å². The summed E-state index contributed by atoms with van der Waals surface area (Å²) < 4.78 is 32.4. The van der Waals surface area contributed by atoms with Crippen LogP contribution in [0.2, 0.25) is 0 Å². The quantitative estimate of drug-likeness (QED) is 0.508. The maximum Gasteiger partial charge on any atom is 0.295 e. The van der Waals surface area contributed by atoms with E-state index in [4.69, 9.17) is 0 Å². The lowest BCUT2D eigenvalue weighted by Crippen LogP contribution is -2.02. The Morgan fingerprint density at radius 1 is 1.18 bits per heavy atom. The third-order valence-electron chi connectivity index (χ3n) is 2.99. The topological polar surface area (TPSA) is 97.5 Å². The molecule has 2 aromatic carbocycles. The van der Waals surface area contributed by atoms with Crippen molar-refractivity contribution in [1.29, 1.82) is 0 Å². The second-order valence-electron chi connectivity index (χ2n) is 4.43. The summed E-state index contributed by atoms with van der Waals surface area (Å²) in [6, 6.07) is 10.5. The van der Waals surface area contributed by atoms with Crippen molar-refractivity contribution in [1.82, 2.24) is 0 Å². The van der Waals surface area contributed by atoms with Gasteiger partial charge in [0.05, 0.1) is 4.92 Å². The molecule has 6 nitrogen and oxygen atoms in total. The van der Waals surface area contributed by atoms with Gasteiger partial charge in [0.1, 0.15) is 4.90 Å². The number of aryl methyl sites for hydroxylation is 1. The molecule has 0 aliphatic rings. The van der Waals surface area contributed by atoms with E-state index in [1.54, 1.807) is 24.3 Å². The van der Waals surface area contributed by atoms with Gasteiger partial charge in [0.25, 0.3) is 15.8 Å². The largest absolute Gasteiger partial charge is 0.295 e. The van der Waals surface area contributed by atoms with E-state index < -0.39 is 15.0 Å².